The topological polar surface area (TPSA) is 68.0 Å². The Labute approximate surface area is 106 Å². The molecule has 0 aliphatic rings. The maximum Gasteiger partial charge on any atom is 0.230 e. The smallest absolute Gasteiger partial charge is 0.230 e. The molecule has 0 aliphatic heterocycles. The van der Waals surface area contributed by atoms with Gasteiger partial charge in [0.05, 0.1) is 10.8 Å². The van der Waals surface area contributed by atoms with Crippen LogP contribution >= 0.6 is 11.8 Å². The molecule has 0 fully saturated rings. The Hall–Kier alpha value is -1.07. The highest BCUT2D eigenvalue weighted by atomic mass is 32.2. The molecule has 1 heterocycles. The third-order valence-corrected chi connectivity index (χ3v) is 3.13. The number of thioether (sulfide) groups is 1. The van der Waals surface area contributed by atoms with Crippen molar-refractivity contribution in [3.63, 3.8) is 0 Å². The number of nitrogens with two attached hydrogens (primary N) is 1. The monoisotopic (exact) mass is 253 g/mol. The van der Waals surface area contributed by atoms with Crippen LogP contribution in [0.15, 0.2) is 23.4 Å². The van der Waals surface area contributed by atoms with Crippen molar-refractivity contribution in [3.8, 4) is 0 Å². The van der Waals surface area contributed by atoms with Gasteiger partial charge in [-0.15, -0.1) is 0 Å². The maximum atomic E-state index is 11.4. The highest BCUT2D eigenvalue weighted by molar-refractivity contribution is 7.99. The fraction of sp³-hybridized carbons (Fsp3) is 0.500. The summed E-state index contributed by atoms with van der Waals surface area (Å²) in [5.41, 5.74) is 6.83. The highest BCUT2D eigenvalue weighted by Gasteiger charge is 2.05. The minimum absolute atomic E-state index is 0.00809. The number of nitrogens with zero attached hydrogens (tertiary/aromatic N) is 1. The quantitative estimate of drug-likeness (QED) is 0.757. The van der Waals surface area contributed by atoms with Crippen LogP contribution in [-0.4, -0.2) is 23.2 Å². The summed E-state index contributed by atoms with van der Waals surface area (Å²) in [5.74, 6) is 0.444. The summed E-state index contributed by atoms with van der Waals surface area (Å²) in [6, 6.07) is 3.82. The molecule has 1 atom stereocenters. The van der Waals surface area contributed by atoms with E-state index in [0.717, 1.165) is 23.6 Å². The van der Waals surface area contributed by atoms with Gasteiger partial charge >= 0.3 is 0 Å². The summed E-state index contributed by atoms with van der Waals surface area (Å²) in [4.78, 5) is 15.6. The predicted octanol–water partition coefficient (Wildman–Crippen LogP) is 1.72. The lowest BCUT2D eigenvalue weighted by molar-refractivity contribution is -0.118. The third-order valence-electron chi connectivity index (χ3n) is 2.21. The van der Waals surface area contributed by atoms with Gasteiger partial charge in [-0.2, -0.15) is 0 Å². The van der Waals surface area contributed by atoms with Gasteiger partial charge in [0.1, 0.15) is 0 Å². The van der Waals surface area contributed by atoms with E-state index in [0.29, 0.717) is 5.75 Å². The second-order valence-corrected chi connectivity index (χ2v) is 4.85. The largest absolute Gasteiger partial charge is 0.355 e. The zero-order valence-electron chi connectivity index (χ0n) is 10.3. The first kappa shape index (κ1) is 14.0. The molecule has 94 valence electrons. The number of aromatic nitrogens is 1. The SMILES string of the molecule is CCCNC(=O)CSc1cc([C@H](C)N)ccn1. The Morgan fingerprint density at radius 1 is 1.65 bits per heavy atom. The molecule has 3 N–H and O–H groups in total. The predicted molar refractivity (Wildman–Crippen MR) is 70.9 cm³/mol. The molecule has 0 aromatic carbocycles. The van der Waals surface area contributed by atoms with E-state index in [4.69, 9.17) is 5.73 Å². The van der Waals surface area contributed by atoms with Crippen LogP contribution in [0.2, 0.25) is 0 Å². The molecule has 17 heavy (non-hydrogen) atoms. The lowest BCUT2D eigenvalue weighted by Gasteiger charge is -2.07. The van der Waals surface area contributed by atoms with E-state index in [1.807, 2.05) is 26.0 Å². The molecule has 0 saturated carbocycles. The minimum Gasteiger partial charge on any atom is -0.355 e. The van der Waals surface area contributed by atoms with E-state index in [-0.39, 0.29) is 11.9 Å². The van der Waals surface area contributed by atoms with Crippen molar-refractivity contribution < 1.29 is 4.79 Å². The van der Waals surface area contributed by atoms with Gasteiger partial charge in [0.15, 0.2) is 0 Å². The van der Waals surface area contributed by atoms with Gasteiger partial charge in [-0.1, -0.05) is 18.7 Å². The average molecular weight is 253 g/mol. The lowest BCUT2D eigenvalue weighted by Crippen LogP contribution is -2.25. The van der Waals surface area contributed by atoms with Gasteiger partial charge in [0.2, 0.25) is 5.91 Å². The summed E-state index contributed by atoms with van der Waals surface area (Å²) >= 11 is 1.43. The Morgan fingerprint density at radius 3 is 3.06 bits per heavy atom. The molecule has 0 aliphatic carbocycles. The molecular weight excluding hydrogens is 234 g/mol. The summed E-state index contributed by atoms with van der Waals surface area (Å²) in [6.45, 7) is 4.69. The first-order valence-corrected chi connectivity index (χ1v) is 6.73. The van der Waals surface area contributed by atoms with Gasteiger partial charge < -0.3 is 11.1 Å². The van der Waals surface area contributed by atoms with Crippen LogP contribution in [0.3, 0.4) is 0 Å². The van der Waals surface area contributed by atoms with Crippen LogP contribution in [0, 0.1) is 0 Å². The fourth-order valence-electron chi connectivity index (χ4n) is 1.24. The van der Waals surface area contributed by atoms with Gasteiger partial charge in [-0.05, 0) is 31.0 Å². The normalized spacial score (nSPS) is 12.2. The molecule has 4 nitrogen and oxygen atoms in total. The van der Waals surface area contributed by atoms with Crippen molar-refractivity contribution in [1.82, 2.24) is 10.3 Å². The molecule has 0 radical (unpaired) electrons. The van der Waals surface area contributed by atoms with Gasteiger partial charge in [-0.3, -0.25) is 4.79 Å². The number of hydrogen-bond acceptors (Lipinski definition) is 4. The van der Waals surface area contributed by atoms with Crippen LogP contribution in [0.25, 0.3) is 0 Å². The molecule has 1 aromatic rings. The Kier molecular flexibility index (Phi) is 6.00. The molecule has 0 bridgehead atoms. The summed E-state index contributed by atoms with van der Waals surface area (Å²) < 4.78 is 0. The summed E-state index contributed by atoms with van der Waals surface area (Å²) in [5, 5.41) is 3.67. The highest BCUT2D eigenvalue weighted by Crippen LogP contribution is 2.18. The molecule has 1 amide bonds. The van der Waals surface area contributed by atoms with Gasteiger partial charge in [0.25, 0.3) is 0 Å². The van der Waals surface area contributed by atoms with Crippen molar-refractivity contribution in [1.29, 1.82) is 0 Å². The molecule has 0 saturated heterocycles. The average Bonchev–Trinajstić information content (AvgIpc) is 2.34. The van der Waals surface area contributed by atoms with Gasteiger partial charge in [-0.25, -0.2) is 4.98 Å². The van der Waals surface area contributed by atoms with Crippen LogP contribution in [0.5, 0.6) is 0 Å². The molecule has 5 heteroatoms. The Bertz CT molecular complexity index is 369. The second-order valence-electron chi connectivity index (χ2n) is 3.85. The zero-order valence-corrected chi connectivity index (χ0v) is 11.1. The zero-order chi connectivity index (χ0) is 12.7. The van der Waals surface area contributed by atoms with Crippen LogP contribution < -0.4 is 11.1 Å². The van der Waals surface area contributed by atoms with Crippen molar-refractivity contribution in [3.05, 3.63) is 23.9 Å². The Balaban J connectivity index is 2.46. The molecule has 1 rings (SSSR count). The van der Waals surface area contributed by atoms with E-state index in [1.165, 1.54) is 11.8 Å². The van der Waals surface area contributed by atoms with E-state index in [2.05, 4.69) is 10.3 Å². The number of pyridine rings is 1. The van der Waals surface area contributed by atoms with Crippen molar-refractivity contribution >= 4 is 17.7 Å². The number of nitrogens with one attached hydrogen (secondary N) is 1. The summed E-state index contributed by atoms with van der Waals surface area (Å²) in [7, 11) is 0. The van der Waals surface area contributed by atoms with Crippen LogP contribution in [-0.2, 0) is 4.79 Å². The van der Waals surface area contributed by atoms with Crippen LogP contribution in [0.1, 0.15) is 31.9 Å². The van der Waals surface area contributed by atoms with E-state index in [1.54, 1.807) is 6.20 Å². The molecule has 0 unspecified atom stereocenters. The summed E-state index contributed by atoms with van der Waals surface area (Å²) in [6.07, 6.45) is 2.68. The number of carbonyl (C=O) groups is 1. The van der Waals surface area contributed by atoms with Gasteiger partial charge in [0, 0.05) is 18.8 Å². The maximum absolute atomic E-state index is 11.4. The minimum atomic E-state index is -0.00809. The lowest BCUT2D eigenvalue weighted by atomic mass is 10.1. The standard InChI is InChI=1S/C12H19N3OS/c1-3-5-14-11(16)8-17-12-7-10(9(2)13)4-6-15-12/h4,6-7,9H,3,5,8,13H2,1-2H3,(H,14,16)/t9-/m0/s1. The number of hydrogen-bond donors (Lipinski definition) is 2. The molecular formula is C12H19N3OS. The number of rotatable bonds is 6. The Morgan fingerprint density at radius 2 is 2.41 bits per heavy atom. The van der Waals surface area contributed by atoms with Crippen molar-refractivity contribution in [2.75, 3.05) is 12.3 Å². The fourth-order valence-corrected chi connectivity index (χ4v) is 1.98. The first-order chi connectivity index (χ1) is 8.13. The van der Waals surface area contributed by atoms with E-state index >= 15 is 0 Å². The van der Waals surface area contributed by atoms with Crippen LogP contribution in [0.4, 0.5) is 0 Å². The second kappa shape index (κ2) is 7.29. The molecule has 1 aromatic heterocycles. The number of carbonyl (C=O) groups excluding carboxylic acids is 1. The van der Waals surface area contributed by atoms with E-state index < -0.39 is 0 Å². The molecule has 0 spiro atoms. The first-order valence-electron chi connectivity index (χ1n) is 5.74. The van der Waals surface area contributed by atoms with Crippen molar-refractivity contribution in [2.24, 2.45) is 5.73 Å². The van der Waals surface area contributed by atoms with E-state index in [9.17, 15) is 4.79 Å². The third kappa shape index (κ3) is 5.19. The number of amides is 1. The van der Waals surface area contributed by atoms with Crippen molar-refractivity contribution in [2.45, 2.75) is 31.3 Å².